The Morgan fingerprint density at radius 3 is 2.65 bits per heavy atom. The molecule has 1 aromatic carbocycles. The van der Waals surface area contributed by atoms with Gasteiger partial charge in [-0.05, 0) is 5.56 Å². The van der Waals surface area contributed by atoms with Crippen molar-refractivity contribution in [2.45, 2.75) is 25.6 Å². The van der Waals surface area contributed by atoms with E-state index < -0.39 is 27.9 Å². The summed E-state index contributed by atoms with van der Waals surface area (Å²) in [6, 6.07) is 1.22. The van der Waals surface area contributed by atoms with E-state index in [1.54, 1.807) is 0 Å². The lowest BCUT2D eigenvalue weighted by Gasteiger charge is -2.08. The number of nitro groups is 1. The average molecular weight is 361 g/mol. The predicted molar refractivity (Wildman–Crippen MR) is 85.0 cm³/mol. The Morgan fingerprint density at radius 2 is 1.96 bits per heavy atom. The Hall–Kier alpha value is -3.54. The van der Waals surface area contributed by atoms with E-state index in [1.165, 1.54) is 6.07 Å². The van der Waals surface area contributed by atoms with Gasteiger partial charge in [0.1, 0.15) is 6.61 Å². The second-order valence-corrected chi connectivity index (χ2v) is 5.79. The van der Waals surface area contributed by atoms with Crippen LogP contribution in [0.5, 0.6) is 0 Å². The minimum Gasteiger partial charge on any atom is -0.390 e. The zero-order valence-electron chi connectivity index (χ0n) is 13.0. The van der Waals surface area contributed by atoms with Gasteiger partial charge in [-0.15, -0.1) is 5.10 Å². The molecule has 0 radical (unpaired) electrons. The van der Waals surface area contributed by atoms with Crippen LogP contribution in [0.1, 0.15) is 17.0 Å². The number of H-pyrrole nitrogens is 3. The fourth-order valence-corrected chi connectivity index (χ4v) is 3.13. The van der Waals surface area contributed by atoms with Gasteiger partial charge in [0.25, 0.3) is 5.69 Å². The van der Waals surface area contributed by atoms with E-state index in [-0.39, 0.29) is 36.5 Å². The van der Waals surface area contributed by atoms with Crippen LogP contribution in [0.15, 0.2) is 24.9 Å². The van der Waals surface area contributed by atoms with Crippen molar-refractivity contribution in [2.24, 2.45) is 0 Å². The molecule has 3 N–H and O–H groups in total. The standard InChI is InChI=1S/C14H11N5O7/c20-12-13(21)16-11-7-2-5(25-4-10-17-18-14(22)26-10)1-6(7)9(19(23)24)3-8(11)15-12/h3,5H,1-2,4H2,(H,15,20)(H,16,21)(H,18,22). The number of hydrogen-bond acceptors (Lipinski definition) is 8. The third kappa shape index (κ3) is 2.61. The normalized spacial score (nSPS) is 16.1. The number of benzene rings is 1. The highest BCUT2D eigenvalue weighted by Gasteiger charge is 2.32. The number of aromatic amines is 3. The minimum atomic E-state index is -0.883. The highest BCUT2D eigenvalue weighted by Crippen LogP contribution is 2.36. The summed E-state index contributed by atoms with van der Waals surface area (Å²) in [6.45, 7) is -0.0868. The highest BCUT2D eigenvalue weighted by atomic mass is 16.6. The van der Waals surface area contributed by atoms with Crippen molar-refractivity contribution in [2.75, 3.05) is 0 Å². The molecule has 12 heteroatoms. The Bertz CT molecular complexity index is 1200. The molecule has 0 saturated carbocycles. The van der Waals surface area contributed by atoms with Crippen LogP contribution >= 0.6 is 0 Å². The molecule has 2 aromatic heterocycles. The fraction of sp³-hybridized carbons (Fsp3) is 0.286. The molecule has 3 aromatic rings. The van der Waals surface area contributed by atoms with E-state index in [0.29, 0.717) is 16.6 Å². The highest BCUT2D eigenvalue weighted by molar-refractivity contribution is 5.83. The maximum Gasteiger partial charge on any atom is 0.434 e. The van der Waals surface area contributed by atoms with E-state index in [9.17, 15) is 24.5 Å². The molecule has 1 unspecified atom stereocenters. The number of rotatable bonds is 4. The lowest BCUT2D eigenvalue weighted by atomic mass is 10.1. The second-order valence-electron chi connectivity index (χ2n) is 5.79. The summed E-state index contributed by atoms with van der Waals surface area (Å²) in [4.78, 5) is 49.7. The molecule has 1 aliphatic carbocycles. The maximum atomic E-state index is 11.6. The van der Waals surface area contributed by atoms with E-state index in [1.807, 2.05) is 0 Å². The summed E-state index contributed by atoms with van der Waals surface area (Å²) in [5.41, 5.74) is -0.392. The number of nitro benzene ring substituents is 1. The monoisotopic (exact) mass is 361 g/mol. The third-order valence-electron chi connectivity index (χ3n) is 4.20. The number of nitrogens with one attached hydrogen (secondary N) is 3. The van der Waals surface area contributed by atoms with Gasteiger partial charge in [-0.25, -0.2) is 9.89 Å². The SMILES string of the molecule is O=c1[nH]nc(COC2Cc3c([N+](=O)[O-])cc4[nH]c(=O)c(=O)[nH]c4c3C2)o1. The largest absolute Gasteiger partial charge is 0.434 e. The lowest BCUT2D eigenvalue weighted by Crippen LogP contribution is -2.29. The van der Waals surface area contributed by atoms with Crippen molar-refractivity contribution in [1.82, 2.24) is 20.2 Å². The molecule has 0 saturated heterocycles. The molecule has 4 rings (SSSR count). The lowest BCUT2D eigenvalue weighted by molar-refractivity contribution is -0.385. The van der Waals surface area contributed by atoms with Gasteiger partial charge in [-0.1, -0.05) is 0 Å². The molecule has 0 spiro atoms. The zero-order chi connectivity index (χ0) is 18.4. The van der Waals surface area contributed by atoms with Gasteiger partial charge in [-0.3, -0.25) is 19.7 Å². The van der Waals surface area contributed by atoms with Crippen molar-refractivity contribution in [3.8, 4) is 0 Å². The Labute approximate surface area is 142 Å². The fourth-order valence-electron chi connectivity index (χ4n) is 3.13. The average Bonchev–Trinajstić information content (AvgIpc) is 3.19. The van der Waals surface area contributed by atoms with Crippen LogP contribution in [0.3, 0.4) is 0 Å². The van der Waals surface area contributed by atoms with Crippen LogP contribution in [-0.2, 0) is 24.2 Å². The van der Waals surface area contributed by atoms with Gasteiger partial charge in [0.05, 0.1) is 22.1 Å². The first-order valence-electron chi connectivity index (χ1n) is 7.54. The molecule has 26 heavy (non-hydrogen) atoms. The summed E-state index contributed by atoms with van der Waals surface area (Å²) < 4.78 is 10.4. The first-order valence-corrected chi connectivity index (χ1v) is 7.54. The predicted octanol–water partition coefficient (Wildman–Crippen LogP) is -0.515. The molecule has 1 aliphatic rings. The van der Waals surface area contributed by atoms with Crippen molar-refractivity contribution in [3.05, 3.63) is 64.5 Å². The van der Waals surface area contributed by atoms with E-state index >= 15 is 0 Å². The number of hydrogen-bond donors (Lipinski definition) is 3. The Kier molecular flexibility index (Phi) is 3.54. The minimum absolute atomic E-state index is 0.0584. The summed E-state index contributed by atoms with van der Waals surface area (Å²) >= 11 is 0. The summed E-state index contributed by atoms with van der Waals surface area (Å²) in [6.07, 6.45) is 0.0772. The van der Waals surface area contributed by atoms with Gasteiger partial charge in [-0.2, -0.15) is 0 Å². The topological polar surface area (TPSA) is 177 Å². The second kappa shape index (κ2) is 5.77. The van der Waals surface area contributed by atoms with Gasteiger partial charge in [0.15, 0.2) is 0 Å². The molecule has 12 nitrogen and oxygen atoms in total. The van der Waals surface area contributed by atoms with Crippen LogP contribution in [0, 0.1) is 10.1 Å². The van der Waals surface area contributed by atoms with E-state index in [2.05, 4.69) is 20.2 Å². The summed E-state index contributed by atoms with van der Waals surface area (Å²) in [5.74, 6) is -0.649. The molecule has 0 bridgehead atoms. The molecule has 2 heterocycles. The number of ether oxygens (including phenoxy) is 1. The quantitative estimate of drug-likeness (QED) is 0.316. The summed E-state index contributed by atoms with van der Waals surface area (Å²) in [7, 11) is 0. The van der Waals surface area contributed by atoms with Crippen LogP contribution in [0.4, 0.5) is 5.69 Å². The zero-order valence-corrected chi connectivity index (χ0v) is 13.0. The molecule has 0 fully saturated rings. The third-order valence-corrected chi connectivity index (χ3v) is 4.20. The van der Waals surface area contributed by atoms with Crippen molar-refractivity contribution >= 4 is 16.7 Å². The van der Waals surface area contributed by atoms with Crippen molar-refractivity contribution in [3.63, 3.8) is 0 Å². The first kappa shape index (κ1) is 16.0. The van der Waals surface area contributed by atoms with Gasteiger partial charge < -0.3 is 19.1 Å². The molecule has 0 aliphatic heterocycles. The molecular formula is C14H11N5O7. The van der Waals surface area contributed by atoms with Crippen LogP contribution in [0.25, 0.3) is 11.0 Å². The van der Waals surface area contributed by atoms with Crippen molar-refractivity contribution in [1.29, 1.82) is 0 Å². The Morgan fingerprint density at radius 1 is 1.23 bits per heavy atom. The smallest absolute Gasteiger partial charge is 0.390 e. The van der Waals surface area contributed by atoms with Gasteiger partial charge in [0, 0.05) is 24.5 Å². The Balaban J connectivity index is 1.72. The summed E-state index contributed by atoms with van der Waals surface area (Å²) in [5, 5.41) is 17.1. The molecular weight excluding hydrogens is 350 g/mol. The number of aromatic nitrogens is 4. The molecule has 1 atom stereocenters. The molecule has 0 amide bonds. The molecule has 134 valence electrons. The van der Waals surface area contributed by atoms with Crippen LogP contribution in [0.2, 0.25) is 0 Å². The van der Waals surface area contributed by atoms with Gasteiger partial charge >= 0.3 is 16.9 Å². The number of fused-ring (bicyclic) bond motifs is 3. The first-order chi connectivity index (χ1) is 12.4. The number of nitrogens with zero attached hydrogens (tertiary/aromatic N) is 2. The maximum absolute atomic E-state index is 11.6. The van der Waals surface area contributed by atoms with Crippen LogP contribution < -0.4 is 16.9 Å². The van der Waals surface area contributed by atoms with Gasteiger partial charge in [0.2, 0.25) is 5.89 Å². The van der Waals surface area contributed by atoms with Crippen molar-refractivity contribution < 1.29 is 14.1 Å². The van der Waals surface area contributed by atoms with E-state index in [4.69, 9.17) is 9.15 Å². The van der Waals surface area contributed by atoms with E-state index in [0.717, 1.165) is 0 Å². The van der Waals surface area contributed by atoms with Crippen LogP contribution in [-0.4, -0.2) is 31.2 Å².